The Bertz CT molecular complexity index is 1180. The Balaban J connectivity index is 2.13. The maximum absolute atomic E-state index is 12.9. The molecule has 1 aromatic rings. The Morgan fingerprint density at radius 1 is 0.818 bits per heavy atom. The number of esters is 3. The van der Waals surface area contributed by atoms with Crippen molar-refractivity contribution >= 4 is 17.9 Å². The summed E-state index contributed by atoms with van der Waals surface area (Å²) in [5.41, 5.74) is -6.89. The summed E-state index contributed by atoms with van der Waals surface area (Å²) in [5.74, 6) is -4.09. The molecule has 3 N–H and O–H groups in total. The van der Waals surface area contributed by atoms with Crippen molar-refractivity contribution in [3.05, 3.63) is 35.9 Å². The Labute approximate surface area is 258 Å². The Morgan fingerprint density at radius 2 is 1.32 bits per heavy atom. The first-order valence-corrected chi connectivity index (χ1v) is 14.7. The van der Waals surface area contributed by atoms with Gasteiger partial charge in [-0.25, -0.2) is 0 Å². The molecule has 2 fully saturated rings. The molecule has 2 heterocycles. The SMILES string of the molecule is CC(C)(C)C(=O)OC[C@@H]1O[C@]2(CO)O[C@@](COC(=O)C(C)(C)C)([C@@H](O)[C@H]2OCc2ccccc2)[C@@]1(O)COC(=O)C(C)(C)C. The molecule has 0 radical (unpaired) electrons. The van der Waals surface area contributed by atoms with Crippen molar-refractivity contribution in [3.63, 3.8) is 0 Å². The Morgan fingerprint density at radius 3 is 1.82 bits per heavy atom. The molecule has 3 rings (SSSR count). The minimum Gasteiger partial charge on any atom is -0.462 e. The van der Waals surface area contributed by atoms with Crippen LogP contribution in [0, 0.1) is 16.2 Å². The molecule has 2 aliphatic heterocycles. The van der Waals surface area contributed by atoms with Crippen molar-refractivity contribution in [3.8, 4) is 0 Å². The maximum atomic E-state index is 12.9. The summed E-state index contributed by atoms with van der Waals surface area (Å²) < 4.78 is 35.1. The first-order chi connectivity index (χ1) is 20.1. The highest BCUT2D eigenvalue weighted by Gasteiger charge is 2.78. The number of fused-ring (bicyclic) bond motifs is 2. The molecule has 0 aliphatic carbocycles. The number of rotatable bonds is 10. The molecule has 2 saturated heterocycles. The van der Waals surface area contributed by atoms with Crippen LogP contribution < -0.4 is 0 Å². The van der Waals surface area contributed by atoms with Gasteiger partial charge in [0.05, 0.1) is 22.9 Å². The van der Waals surface area contributed by atoms with Gasteiger partial charge in [0.15, 0.2) is 11.2 Å². The van der Waals surface area contributed by atoms with E-state index in [1.807, 2.05) is 6.07 Å². The van der Waals surface area contributed by atoms with Crippen LogP contribution in [-0.2, 0) is 49.4 Å². The molecule has 0 aromatic heterocycles. The van der Waals surface area contributed by atoms with E-state index in [0.29, 0.717) is 0 Å². The smallest absolute Gasteiger partial charge is 0.311 e. The van der Waals surface area contributed by atoms with Crippen LogP contribution in [0.3, 0.4) is 0 Å². The zero-order chi connectivity index (χ0) is 33.4. The number of hydrogen-bond acceptors (Lipinski definition) is 12. The normalized spacial score (nSPS) is 30.5. The summed E-state index contributed by atoms with van der Waals surface area (Å²) >= 11 is 0. The van der Waals surface area contributed by atoms with Gasteiger partial charge in [0, 0.05) is 0 Å². The molecular formula is C32H48O12. The third kappa shape index (κ3) is 7.11. The zero-order valence-electron chi connectivity index (χ0n) is 27.2. The molecule has 6 atom stereocenters. The fourth-order valence-corrected chi connectivity index (χ4v) is 4.87. The number of carbonyl (C=O) groups is 3. The fraction of sp³-hybridized carbons (Fsp3) is 0.719. The van der Waals surface area contributed by atoms with Crippen molar-refractivity contribution in [2.75, 3.05) is 26.4 Å². The lowest BCUT2D eigenvalue weighted by Crippen LogP contribution is -2.75. The predicted octanol–water partition coefficient (Wildman–Crippen LogP) is 2.29. The van der Waals surface area contributed by atoms with Gasteiger partial charge in [0.1, 0.15) is 44.7 Å². The van der Waals surface area contributed by atoms with E-state index >= 15 is 0 Å². The van der Waals surface area contributed by atoms with Crippen LogP contribution in [0.4, 0.5) is 0 Å². The van der Waals surface area contributed by atoms with E-state index in [-0.39, 0.29) is 6.61 Å². The largest absolute Gasteiger partial charge is 0.462 e. The standard InChI is InChI=1S/C32H48O12/c1-27(2,3)24(35)40-16-21-30(38,18-41-25(36)28(4,5)6)31(19-42-26(37)29(7,8)9)22(34)23(32(17-33,43-21)44-31)39-15-20-13-11-10-12-14-20/h10-14,21-23,33-34,38H,15-19H2,1-9H3/t21-,22-,23+,30+,31-,32+/m0/s1. The monoisotopic (exact) mass is 624 g/mol. The van der Waals surface area contributed by atoms with E-state index in [0.717, 1.165) is 5.56 Å². The van der Waals surface area contributed by atoms with E-state index in [1.165, 1.54) is 0 Å². The van der Waals surface area contributed by atoms with Gasteiger partial charge in [-0.05, 0) is 67.9 Å². The van der Waals surface area contributed by atoms with Crippen molar-refractivity contribution in [1.29, 1.82) is 0 Å². The third-order valence-electron chi connectivity index (χ3n) is 7.70. The fourth-order valence-electron chi connectivity index (χ4n) is 4.87. The van der Waals surface area contributed by atoms with E-state index in [1.54, 1.807) is 86.6 Å². The number of carbonyl (C=O) groups excluding carboxylic acids is 3. The highest BCUT2D eigenvalue weighted by atomic mass is 16.8. The molecule has 0 amide bonds. The Kier molecular flexibility index (Phi) is 10.3. The molecule has 0 unspecified atom stereocenters. The molecule has 2 bridgehead atoms. The van der Waals surface area contributed by atoms with Crippen LogP contribution in [0.1, 0.15) is 67.9 Å². The summed E-state index contributed by atoms with van der Waals surface area (Å²) in [7, 11) is 0. The molecule has 248 valence electrons. The van der Waals surface area contributed by atoms with E-state index in [9.17, 15) is 29.7 Å². The van der Waals surface area contributed by atoms with E-state index < -0.39 is 95.9 Å². The summed E-state index contributed by atoms with van der Waals surface area (Å²) in [6, 6.07) is 9.00. The highest BCUT2D eigenvalue weighted by Crippen LogP contribution is 2.54. The summed E-state index contributed by atoms with van der Waals surface area (Å²) in [6.07, 6.45) is -4.78. The van der Waals surface area contributed by atoms with Crippen molar-refractivity contribution in [2.45, 2.75) is 104 Å². The lowest BCUT2D eigenvalue weighted by atomic mass is 9.75. The third-order valence-corrected chi connectivity index (χ3v) is 7.70. The number of benzene rings is 1. The van der Waals surface area contributed by atoms with Crippen LogP contribution in [-0.4, -0.2) is 95.0 Å². The average Bonchev–Trinajstić information content (AvgIpc) is 3.15. The zero-order valence-corrected chi connectivity index (χ0v) is 27.2. The van der Waals surface area contributed by atoms with Gasteiger partial charge in [-0.2, -0.15) is 0 Å². The lowest BCUT2D eigenvalue weighted by molar-refractivity contribution is -0.410. The lowest BCUT2D eigenvalue weighted by Gasteiger charge is -2.53. The topological polar surface area (TPSA) is 167 Å². The van der Waals surface area contributed by atoms with Crippen LogP contribution in [0.2, 0.25) is 0 Å². The quantitative estimate of drug-likeness (QED) is 0.257. The molecule has 12 nitrogen and oxygen atoms in total. The minimum atomic E-state index is -2.48. The van der Waals surface area contributed by atoms with Gasteiger partial charge in [-0.1, -0.05) is 30.3 Å². The van der Waals surface area contributed by atoms with Crippen molar-refractivity contribution in [2.24, 2.45) is 16.2 Å². The van der Waals surface area contributed by atoms with Gasteiger partial charge in [-0.15, -0.1) is 0 Å². The van der Waals surface area contributed by atoms with Crippen LogP contribution in [0.5, 0.6) is 0 Å². The van der Waals surface area contributed by atoms with E-state index in [4.69, 9.17) is 28.4 Å². The molecule has 44 heavy (non-hydrogen) atoms. The molecule has 2 aliphatic rings. The summed E-state index contributed by atoms with van der Waals surface area (Å²) in [6.45, 7) is 11.6. The second-order valence-electron chi connectivity index (χ2n) is 14.7. The number of aliphatic hydroxyl groups is 3. The second kappa shape index (κ2) is 12.6. The minimum absolute atomic E-state index is 0.0456. The van der Waals surface area contributed by atoms with Crippen molar-refractivity contribution < 1.29 is 58.1 Å². The first kappa shape index (κ1) is 35.9. The van der Waals surface area contributed by atoms with Crippen LogP contribution in [0.25, 0.3) is 0 Å². The molecule has 0 saturated carbocycles. The maximum Gasteiger partial charge on any atom is 0.311 e. The van der Waals surface area contributed by atoms with Gasteiger partial charge in [0.25, 0.3) is 0 Å². The average molecular weight is 625 g/mol. The van der Waals surface area contributed by atoms with Crippen LogP contribution >= 0.6 is 0 Å². The number of ether oxygens (including phenoxy) is 6. The van der Waals surface area contributed by atoms with Gasteiger partial charge in [-0.3, -0.25) is 14.4 Å². The van der Waals surface area contributed by atoms with Gasteiger partial charge >= 0.3 is 17.9 Å². The van der Waals surface area contributed by atoms with Crippen molar-refractivity contribution in [1.82, 2.24) is 0 Å². The first-order valence-electron chi connectivity index (χ1n) is 14.7. The van der Waals surface area contributed by atoms with Crippen LogP contribution in [0.15, 0.2) is 30.3 Å². The molecule has 0 spiro atoms. The van der Waals surface area contributed by atoms with Gasteiger partial charge < -0.3 is 43.7 Å². The molecular weight excluding hydrogens is 576 g/mol. The second-order valence-corrected chi connectivity index (χ2v) is 14.7. The molecule has 12 heteroatoms. The summed E-state index contributed by atoms with van der Waals surface area (Å²) in [4.78, 5) is 38.6. The van der Waals surface area contributed by atoms with E-state index in [2.05, 4.69) is 0 Å². The predicted molar refractivity (Wildman–Crippen MR) is 156 cm³/mol. The number of hydrogen-bond donors (Lipinski definition) is 3. The highest BCUT2D eigenvalue weighted by molar-refractivity contribution is 5.76. The summed E-state index contributed by atoms with van der Waals surface area (Å²) in [5, 5.41) is 35.1. The number of aliphatic hydroxyl groups excluding tert-OH is 2. The molecule has 1 aromatic carbocycles. The van der Waals surface area contributed by atoms with Gasteiger partial charge in [0.2, 0.25) is 5.79 Å². The Hall–Kier alpha value is -2.61.